The molecule has 6 heteroatoms. The van der Waals surface area contributed by atoms with Gasteiger partial charge < -0.3 is 4.52 Å². The van der Waals surface area contributed by atoms with Gasteiger partial charge in [-0.2, -0.15) is 14.8 Å². The number of benzene rings is 3. The van der Waals surface area contributed by atoms with Gasteiger partial charge in [0.1, 0.15) is 0 Å². The van der Waals surface area contributed by atoms with Gasteiger partial charge in [0.2, 0.25) is 5.82 Å². The number of fused-ring (bicyclic) bond motifs is 1. The topological polar surface area (TPSA) is 73.8 Å². The first-order valence-electron chi connectivity index (χ1n) is 9.19. The van der Waals surface area contributed by atoms with Crippen LogP contribution in [0.4, 0.5) is 0 Å². The van der Waals surface area contributed by atoms with Gasteiger partial charge in [0.15, 0.2) is 5.69 Å². The van der Waals surface area contributed by atoms with Crippen molar-refractivity contribution in [3.63, 3.8) is 0 Å². The van der Waals surface area contributed by atoms with E-state index in [-0.39, 0.29) is 11.4 Å². The Kier molecular flexibility index (Phi) is 4.02. The maximum absolute atomic E-state index is 13.1. The Hall–Kier alpha value is -4.06. The van der Waals surface area contributed by atoms with Crippen LogP contribution < -0.4 is 5.56 Å². The predicted octanol–water partition coefficient (Wildman–Crippen LogP) is 4.41. The molecule has 2 aromatic heterocycles. The highest BCUT2D eigenvalue weighted by molar-refractivity contribution is 5.92. The summed E-state index contributed by atoms with van der Waals surface area (Å²) in [6.45, 7) is 1.97. The van der Waals surface area contributed by atoms with Crippen molar-refractivity contribution < 1.29 is 4.52 Å². The summed E-state index contributed by atoms with van der Waals surface area (Å²) in [5.74, 6) is 0.737. The van der Waals surface area contributed by atoms with Gasteiger partial charge in [0, 0.05) is 10.9 Å². The quantitative estimate of drug-likeness (QED) is 0.463. The second-order valence-corrected chi connectivity index (χ2v) is 6.74. The van der Waals surface area contributed by atoms with E-state index in [4.69, 9.17) is 4.52 Å². The van der Waals surface area contributed by atoms with Crippen molar-refractivity contribution in [2.45, 2.75) is 6.92 Å². The molecule has 5 rings (SSSR count). The lowest BCUT2D eigenvalue weighted by atomic mass is 10.1. The molecule has 140 valence electrons. The van der Waals surface area contributed by atoms with Crippen molar-refractivity contribution in [3.05, 3.63) is 94.8 Å². The van der Waals surface area contributed by atoms with Gasteiger partial charge in [-0.25, -0.2) is 0 Å². The minimum absolute atomic E-state index is 0.197. The second-order valence-electron chi connectivity index (χ2n) is 6.74. The zero-order valence-corrected chi connectivity index (χ0v) is 15.6. The van der Waals surface area contributed by atoms with Crippen molar-refractivity contribution in [3.8, 4) is 28.7 Å². The highest BCUT2D eigenvalue weighted by Crippen LogP contribution is 2.26. The van der Waals surface area contributed by atoms with E-state index in [9.17, 15) is 4.79 Å². The Morgan fingerprint density at radius 3 is 2.41 bits per heavy atom. The fourth-order valence-corrected chi connectivity index (χ4v) is 3.31. The minimum atomic E-state index is -0.197. The molecule has 0 aliphatic rings. The van der Waals surface area contributed by atoms with Crippen LogP contribution in [0.25, 0.3) is 39.4 Å². The molecule has 0 saturated carbocycles. The van der Waals surface area contributed by atoms with Crippen LogP contribution >= 0.6 is 0 Å². The molecular weight excluding hydrogens is 364 g/mol. The maximum Gasteiger partial charge on any atom is 0.279 e. The molecule has 0 saturated heterocycles. The van der Waals surface area contributed by atoms with Gasteiger partial charge in [-0.15, -0.1) is 0 Å². The highest BCUT2D eigenvalue weighted by Gasteiger charge is 2.18. The fraction of sp³-hybridized carbons (Fsp3) is 0.0435. The predicted molar refractivity (Wildman–Crippen MR) is 111 cm³/mol. The van der Waals surface area contributed by atoms with Crippen molar-refractivity contribution >= 4 is 10.8 Å². The van der Waals surface area contributed by atoms with Crippen molar-refractivity contribution in [2.75, 3.05) is 0 Å². The van der Waals surface area contributed by atoms with Gasteiger partial charge in [0.25, 0.3) is 11.4 Å². The number of aryl methyl sites for hydroxylation is 1. The molecular formula is C23H16N4O2. The molecule has 2 heterocycles. The largest absolute Gasteiger partial charge is 0.332 e. The Morgan fingerprint density at radius 2 is 1.62 bits per heavy atom. The number of aromatic nitrogens is 4. The number of hydrogen-bond acceptors (Lipinski definition) is 5. The molecule has 0 atom stereocenters. The maximum atomic E-state index is 13.1. The molecule has 0 amide bonds. The molecule has 0 unspecified atom stereocenters. The van der Waals surface area contributed by atoms with Crippen LogP contribution in [0.1, 0.15) is 5.56 Å². The van der Waals surface area contributed by atoms with Crippen LogP contribution in [0.15, 0.2) is 88.2 Å². The molecule has 0 aliphatic heterocycles. The highest BCUT2D eigenvalue weighted by atomic mass is 16.5. The summed E-state index contributed by atoms with van der Waals surface area (Å²) < 4.78 is 6.91. The van der Waals surface area contributed by atoms with Crippen LogP contribution in [0.2, 0.25) is 0 Å². The van der Waals surface area contributed by atoms with Crippen LogP contribution in [0.5, 0.6) is 0 Å². The normalized spacial score (nSPS) is 11.1. The number of hydrogen-bond donors (Lipinski definition) is 0. The van der Waals surface area contributed by atoms with Gasteiger partial charge in [0.05, 0.1) is 11.1 Å². The first-order chi connectivity index (χ1) is 14.2. The second kappa shape index (κ2) is 6.83. The Morgan fingerprint density at radius 1 is 0.862 bits per heavy atom. The summed E-state index contributed by atoms with van der Waals surface area (Å²) >= 11 is 0. The molecule has 29 heavy (non-hydrogen) atoms. The zero-order valence-electron chi connectivity index (χ0n) is 15.6. The van der Waals surface area contributed by atoms with Crippen LogP contribution in [0.3, 0.4) is 0 Å². The van der Waals surface area contributed by atoms with Crippen molar-refractivity contribution in [2.24, 2.45) is 0 Å². The summed E-state index contributed by atoms with van der Waals surface area (Å²) in [4.78, 5) is 17.6. The molecule has 0 spiro atoms. The van der Waals surface area contributed by atoms with Crippen molar-refractivity contribution in [1.29, 1.82) is 0 Å². The third kappa shape index (κ3) is 3.00. The smallest absolute Gasteiger partial charge is 0.279 e. The molecule has 5 aromatic rings. The standard InChI is InChI=1S/C23H16N4O2/c1-15-8-7-11-17(14-15)27-23(28)19-13-6-5-12-18(19)20(25-27)22-24-21(26-29-22)16-9-3-2-4-10-16/h2-14H,1H3. The van der Waals surface area contributed by atoms with Crippen LogP contribution in [0, 0.1) is 6.92 Å². The molecule has 0 N–H and O–H groups in total. The van der Waals surface area contributed by atoms with Gasteiger partial charge >= 0.3 is 0 Å². The molecule has 0 radical (unpaired) electrons. The van der Waals surface area contributed by atoms with Crippen LogP contribution in [-0.4, -0.2) is 19.9 Å². The third-order valence-corrected chi connectivity index (χ3v) is 4.71. The van der Waals surface area contributed by atoms with E-state index < -0.39 is 0 Å². The Labute approximate surface area is 166 Å². The Bertz CT molecular complexity index is 1390. The first kappa shape index (κ1) is 17.1. The van der Waals surface area contributed by atoms with E-state index in [2.05, 4.69) is 15.2 Å². The summed E-state index contributed by atoms with van der Waals surface area (Å²) in [6.07, 6.45) is 0. The molecule has 0 fully saturated rings. The average Bonchev–Trinajstić information content (AvgIpc) is 3.25. The lowest BCUT2D eigenvalue weighted by Gasteiger charge is -2.09. The van der Waals surface area contributed by atoms with E-state index >= 15 is 0 Å². The summed E-state index contributed by atoms with van der Waals surface area (Å²) in [5, 5.41) is 9.90. The SMILES string of the molecule is Cc1cccc(-n2nc(-c3nc(-c4ccccc4)no3)c3ccccc3c2=O)c1. The van der Waals surface area contributed by atoms with Gasteiger partial charge in [-0.3, -0.25) is 4.79 Å². The summed E-state index contributed by atoms with van der Waals surface area (Å²) in [6, 6.07) is 24.5. The number of nitrogens with zero attached hydrogens (tertiary/aromatic N) is 4. The molecule has 3 aromatic carbocycles. The summed E-state index contributed by atoms with van der Waals surface area (Å²) in [5.41, 5.74) is 2.84. The van der Waals surface area contributed by atoms with E-state index in [1.165, 1.54) is 4.68 Å². The number of rotatable bonds is 3. The van der Waals surface area contributed by atoms with E-state index in [1.54, 1.807) is 6.07 Å². The molecule has 0 bridgehead atoms. The monoisotopic (exact) mass is 380 g/mol. The lowest BCUT2D eigenvalue weighted by molar-refractivity contribution is 0.430. The van der Waals surface area contributed by atoms with Gasteiger partial charge in [-0.05, 0) is 30.7 Å². The molecule has 6 nitrogen and oxygen atoms in total. The Balaban J connectivity index is 1.75. The van der Waals surface area contributed by atoms with E-state index in [1.807, 2.05) is 79.7 Å². The first-order valence-corrected chi connectivity index (χ1v) is 9.19. The third-order valence-electron chi connectivity index (χ3n) is 4.71. The minimum Gasteiger partial charge on any atom is -0.332 e. The summed E-state index contributed by atoms with van der Waals surface area (Å²) in [7, 11) is 0. The molecule has 0 aliphatic carbocycles. The van der Waals surface area contributed by atoms with Crippen molar-refractivity contribution in [1.82, 2.24) is 19.9 Å². The van der Waals surface area contributed by atoms with E-state index in [0.29, 0.717) is 28.0 Å². The lowest BCUT2D eigenvalue weighted by Crippen LogP contribution is -2.22. The fourth-order valence-electron chi connectivity index (χ4n) is 3.31. The zero-order chi connectivity index (χ0) is 19.8. The van der Waals surface area contributed by atoms with Gasteiger partial charge in [-0.1, -0.05) is 65.8 Å². The van der Waals surface area contributed by atoms with Crippen LogP contribution in [-0.2, 0) is 0 Å². The van der Waals surface area contributed by atoms with E-state index in [0.717, 1.165) is 11.1 Å². The average molecular weight is 380 g/mol.